The second kappa shape index (κ2) is 8.40. The number of amides is 1. The van der Waals surface area contributed by atoms with Crippen molar-refractivity contribution in [3.63, 3.8) is 0 Å². The third-order valence-electron chi connectivity index (χ3n) is 6.62. The molecule has 1 amide bonds. The van der Waals surface area contributed by atoms with Gasteiger partial charge in [0, 0.05) is 55.0 Å². The Bertz CT molecular complexity index is 1310. The lowest BCUT2D eigenvalue weighted by Gasteiger charge is -2.26. The van der Waals surface area contributed by atoms with Crippen LogP contribution in [0.1, 0.15) is 37.3 Å². The Morgan fingerprint density at radius 2 is 1.97 bits per heavy atom. The van der Waals surface area contributed by atoms with E-state index in [0.29, 0.717) is 37.4 Å². The number of anilines is 2. The van der Waals surface area contributed by atoms with E-state index >= 15 is 0 Å². The first kappa shape index (κ1) is 20.0. The molecule has 2 fully saturated rings. The molecule has 0 spiro atoms. The Labute approximate surface area is 191 Å². The SMILES string of the molecule is O=C1CN(Cc2ccc(Nc3ncc4c5ccncc5n(C5CCCC5)c4n3)nc2)CCN1. The van der Waals surface area contributed by atoms with Crippen LogP contribution in [0.5, 0.6) is 0 Å². The van der Waals surface area contributed by atoms with Crippen LogP contribution in [0.4, 0.5) is 11.8 Å². The van der Waals surface area contributed by atoms with E-state index in [2.05, 4.69) is 35.1 Å². The largest absolute Gasteiger partial charge is 0.354 e. The monoisotopic (exact) mass is 442 g/mol. The number of carbonyl (C=O) groups excluding carboxylic acids is 1. The van der Waals surface area contributed by atoms with Crippen LogP contribution < -0.4 is 10.6 Å². The first-order valence-corrected chi connectivity index (χ1v) is 11.6. The average Bonchev–Trinajstić information content (AvgIpc) is 3.46. The van der Waals surface area contributed by atoms with Crippen LogP contribution in [0.3, 0.4) is 0 Å². The van der Waals surface area contributed by atoms with Gasteiger partial charge < -0.3 is 15.2 Å². The van der Waals surface area contributed by atoms with E-state index in [1.165, 1.54) is 25.7 Å². The van der Waals surface area contributed by atoms with Crippen molar-refractivity contribution in [3.05, 3.63) is 48.5 Å². The number of nitrogens with zero attached hydrogens (tertiary/aromatic N) is 6. The van der Waals surface area contributed by atoms with Crippen molar-refractivity contribution in [3.8, 4) is 0 Å². The van der Waals surface area contributed by atoms with E-state index in [9.17, 15) is 4.79 Å². The smallest absolute Gasteiger partial charge is 0.234 e. The van der Waals surface area contributed by atoms with E-state index in [0.717, 1.165) is 34.0 Å². The van der Waals surface area contributed by atoms with Crippen molar-refractivity contribution in [2.75, 3.05) is 25.0 Å². The van der Waals surface area contributed by atoms with Crippen LogP contribution in [0.2, 0.25) is 0 Å². The molecule has 6 rings (SSSR count). The Morgan fingerprint density at radius 1 is 1.06 bits per heavy atom. The van der Waals surface area contributed by atoms with E-state index in [-0.39, 0.29) is 5.91 Å². The normalized spacial score (nSPS) is 17.6. The lowest BCUT2D eigenvalue weighted by Crippen LogP contribution is -2.47. The highest BCUT2D eigenvalue weighted by molar-refractivity contribution is 6.06. The molecule has 0 aromatic carbocycles. The molecule has 9 heteroatoms. The summed E-state index contributed by atoms with van der Waals surface area (Å²) in [4.78, 5) is 32.1. The van der Waals surface area contributed by atoms with Gasteiger partial charge in [0.15, 0.2) is 0 Å². The number of piperazine rings is 1. The Morgan fingerprint density at radius 3 is 2.79 bits per heavy atom. The zero-order valence-corrected chi connectivity index (χ0v) is 18.4. The number of aromatic nitrogens is 5. The number of fused-ring (bicyclic) bond motifs is 3. The number of hydrogen-bond acceptors (Lipinski definition) is 7. The number of rotatable bonds is 5. The molecule has 1 saturated carbocycles. The predicted molar refractivity (Wildman–Crippen MR) is 126 cm³/mol. The Balaban J connectivity index is 1.26. The van der Waals surface area contributed by atoms with Crippen molar-refractivity contribution in [2.24, 2.45) is 0 Å². The summed E-state index contributed by atoms with van der Waals surface area (Å²) in [6, 6.07) is 6.46. The van der Waals surface area contributed by atoms with Gasteiger partial charge >= 0.3 is 0 Å². The summed E-state index contributed by atoms with van der Waals surface area (Å²) < 4.78 is 2.35. The predicted octanol–water partition coefficient (Wildman–Crippen LogP) is 3.17. The molecule has 9 nitrogen and oxygen atoms in total. The Hall–Kier alpha value is -3.59. The standard InChI is InChI=1S/C24H26N8O/c33-22-15-31(10-9-26-22)14-16-5-6-21(27-11-16)29-24-28-12-19-18-7-8-25-13-20(18)32(23(19)30-24)17-3-1-2-4-17/h5-8,11-13,17H,1-4,9-10,14-15H2,(H,26,33)(H,27,28,29,30). The molecule has 5 heterocycles. The van der Waals surface area contributed by atoms with Crippen LogP contribution in [0.25, 0.3) is 21.9 Å². The summed E-state index contributed by atoms with van der Waals surface area (Å²) in [5, 5.41) is 8.31. The summed E-state index contributed by atoms with van der Waals surface area (Å²) in [7, 11) is 0. The second-order valence-corrected chi connectivity index (χ2v) is 8.87. The van der Waals surface area contributed by atoms with Gasteiger partial charge in [0.05, 0.1) is 18.3 Å². The van der Waals surface area contributed by atoms with Gasteiger partial charge in [-0.25, -0.2) is 9.97 Å². The van der Waals surface area contributed by atoms with Gasteiger partial charge in [-0.15, -0.1) is 0 Å². The average molecular weight is 443 g/mol. The number of carbonyl (C=O) groups is 1. The van der Waals surface area contributed by atoms with Gasteiger partial charge in [-0.05, 0) is 30.5 Å². The van der Waals surface area contributed by atoms with Gasteiger partial charge in [-0.1, -0.05) is 18.9 Å². The molecule has 0 atom stereocenters. The van der Waals surface area contributed by atoms with Gasteiger partial charge in [0.2, 0.25) is 11.9 Å². The maximum Gasteiger partial charge on any atom is 0.234 e. The van der Waals surface area contributed by atoms with E-state index in [4.69, 9.17) is 4.98 Å². The van der Waals surface area contributed by atoms with Crippen molar-refractivity contribution in [1.82, 2.24) is 34.7 Å². The molecule has 2 aliphatic rings. The minimum atomic E-state index is 0.0748. The van der Waals surface area contributed by atoms with Crippen molar-refractivity contribution < 1.29 is 4.79 Å². The van der Waals surface area contributed by atoms with Crippen LogP contribution in [-0.4, -0.2) is 54.9 Å². The van der Waals surface area contributed by atoms with E-state index < -0.39 is 0 Å². The molecule has 0 radical (unpaired) electrons. The molecule has 1 aliphatic carbocycles. The minimum absolute atomic E-state index is 0.0748. The first-order valence-electron chi connectivity index (χ1n) is 11.6. The van der Waals surface area contributed by atoms with Crippen LogP contribution in [-0.2, 0) is 11.3 Å². The molecule has 4 aromatic rings. The molecule has 0 unspecified atom stereocenters. The summed E-state index contributed by atoms with van der Waals surface area (Å²) in [5.74, 6) is 1.30. The fourth-order valence-electron chi connectivity index (χ4n) is 5.05. The van der Waals surface area contributed by atoms with Gasteiger partial charge in [0.25, 0.3) is 0 Å². The maximum absolute atomic E-state index is 11.6. The van der Waals surface area contributed by atoms with Crippen LogP contribution in [0.15, 0.2) is 43.0 Å². The molecular weight excluding hydrogens is 416 g/mol. The molecule has 0 bridgehead atoms. The zero-order chi connectivity index (χ0) is 22.2. The van der Waals surface area contributed by atoms with E-state index in [1.54, 1.807) is 0 Å². The van der Waals surface area contributed by atoms with Crippen molar-refractivity contribution in [2.45, 2.75) is 38.3 Å². The first-order chi connectivity index (χ1) is 16.2. The molecule has 4 aromatic heterocycles. The fraction of sp³-hybridized carbons (Fsp3) is 0.375. The third kappa shape index (κ3) is 3.89. The number of hydrogen-bond donors (Lipinski definition) is 2. The van der Waals surface area contributed by atoms with Gasteiger partial charge in [0.1, 0.15) is 11.5 Å². The molecule has 1 aliphatic heterocycles. The van der Waals surface area contributed by atoms with Crippen LogP contribution >= 0.6 is 0 Å². The molecule has 168 valence electrons. The van der Waals surface area contributed by atoms with E-state index in [1.807, 2.05) is 43.0 Å². The van der Waals surface area contributed by atoms with Crippen molar-refractivity contribution in [1.29, 1.82) is 0 Å². The summed E-state index contributed by atoms with van der Waals surface area (Å²) in [6.45, 7) is 2.68. The van der Waals surface area contributed by atoms with Gasteiger partial charge in [-0.3, -0.25) is 14.7 Å². The highest BCUT2D eigenvalue weighted by Crippen LogP contribution is 2.37. The molecular formula is C24H26N8O. The van der Waals surface area contributed by atoms with Gasteiger partial charge in [-0.2, -0.15) is 4.98 Å². The maximum atomic E-state index is 11.6. The molecule has 33 heavy (non-hydrogen) atoms. The summed E-state index contributed by atoms with van der Waals surface area (Å²) >= 11 is 0. The highest BCUT2D eigenvalue weighted by Gasteiger charge is 2.23. The lowest BCUT2D eigenvalue weighted by molar-refractivity contribution is -0.124. The fourth-order valence-corrected chi connectivity index (χ4v) is 5.05. The second-order valence-electron chi connectivity index (χ2n) is 8.87. The summed E-state index contributed by atoms with van der Waals surface area (Å²) in [5.41, 5.74) is 3.14. The zero-order valence-electron chi connectivity index (χ0n) is 18.4. The molecule has 2 N–H and O–H groups in total. The van der Waals surface area contributed by atoms with Crippen LogP contribution in [0, 0.1) is 0 Å². The third-order valence-corrected chi connectivity index (χ3v) is 6.62. The Kier molecular flexibility index (Phi) is 5.10. The quantitative estimate of drug-likeness (QED) is 0.490. The lowest BCUT2D eigenvalue weighted by atomic mass is 10.2. The highest BCUT2D eigenvalue weighted by atomic mass is 16.2. The van der Waals surface area contributed by atoms with Crippen molar-refractivity contribution >= 4 is 39.6 Å². The molecule has 1 saturated heterocycles. The minimum Gasteiger partial charge on any atom is -0.354 e. The summed E-state index contributed by atoms with van der Waals surface area (Å²) in [6.07, 6.45) is 12.3. The topological polar surface area (TPSA) is 101 Å². The number of nitrogens with one attached hydrogen (secondary N) is 2. The number of pyridine rings is 2.